The highest BCUT2D eigenvalue weighted by Gasteiger charge is 2.25. The molecule has 1 N–H and O–H groups in total. The second kappa shape index (κ2) is 5.85. The van der Waals surface area contributed by atoms with Crippen LogP contribution in [0, 0.1) is 5.82 Å². The van der Waals surface area contributed by atoms with Crippen molar-refractivity contribution < 1.29 is 14.0 Å². The van der Waals surface area contributed by atoms with Gasteiger partial charge >= 0.3 is 0 Å². The zero-order valence-corrected chi connectivity index (χ0v) is 11.5. The van der Waals surface area contributed by atoms with Crippen molar-refractivity contribution in [2.45, 2.75) is 6.42 Å². The van der Waals surface area contributed by atoms with Gasteiger partial charge in [0.05, 0.1) is 11.8 Å². The quantitative estimate of drug-likeness (QED) is 0.860. The smallest absolute Gasteiger partial charge is 0.258 e. The van der Waals surface area contributed by atoms with Crippen LogP contribution in [-0.2, 0) is 4.79 Å². The lowest BCUT2D eigenvalue weighted by Crippen LogP contribution is -2.38. The van der Waals surface area contributed by atoms with Crippen molar-refractivity contribution in [2.75, 3.05) is 39.0 Å². The Hall–Kier alpha value is -2.18. The molecule has 1 aromatic heterocycles. The minimum absolute atomic E-state index is 0.00893. The van der Waals surface area contributed by atoms with Crippen molar-refractivity contribution in [3.63, 3.8) is 0 Å². The van der Waals surface area contributed by atoms with Crippen molar-refractivity contribution in [1.29, 1.82) is 0 Å². The molecule has 0 atom stereocenters. The lowest BCUT2D eigenvalue weighted by molar-refractivity contribution is -0.129. The number of hydrogen-bond donors (Lipinski definition) is 1. The molecule has 2 amide bonds. The molecule has 0 aromatic carbocycles. The van der Waals surface area contributed by atoms with E-state index in [4.69, 9.17) is 0 Å². The van der Waals surface area contributed by atoms with Crippen LogP contribution in [0.25, 0.3) is 0 Å². The van der Waals surface area contributed by atoms with Crippen LogP contribution in [-0.4, -0.2) is 60.3 Å². The second-order valence-electron chi connectivity index (χ2n) is 4.70. The number of halogens is 1. The average molecular weight is 280 g/mol. The Morgan fingerprint density at radius 1 is 1.45 bits per heavy atom. The number of amides is 2. The number of carbonyl (C=O) groups excluding carboxylic acids is 2. The first-order chi connectivity index (χ1) is 9.52. The standard InChI is InChI=1S/C13H17FN4O2/c1-15-12-10(6-9(14)7-16-12)13(20)18-5-3-4-17(2)11(19)8-18/h6-7H,3-5,8H2,1-2H3,(H,15,16). The number of likely N-dealkylation sites (N-methyl/N-ethyl adjacent to an activating group) is 1. The molecule has 1 fully saturated rings. The van der Waals surface area contributed by atoms with Crippen molar-refractivity contribution >= 4 is 17.6 Å². The van der Waals surface area contributed by atoms with Gasteiger partial charge in [0.1, 0.15) is 18.2 Å². The molecule has 1 aromatic rings. The van der Waals surface area contributed by atoms with E-state index in [0.717, 1.165) is 12.3 Å². The van der Waals surface area contributed by atoms with Gasteiger partial charge in [-0.25, -0.2) is 9.37 Å². The lowest BCUT2D eigenvalue weighted by Gasteiger charge is -2.20. The summed E-state index contributed by atoms with van der Waals surface area (Å²) in [6, 6.07) is 1.14. The number of carbonyl (C=O) groups is 2. The van der Waals surface area contributed by atoms with Crippen LogP contribution in [0.5, 0.6) is 0 Å². The summed E-state index contributed by atoms with van der Waals surface area (Å²) in [7, 11) is 3.32. The zero-order chi connectivity index (χ0) is 14.7. The van der Waals surface area contributed by atoms with Crippen molar-refractivity contribution in [3.8, 4) is 0 Å². The second-order valence-corrected chi connectivity index (χ2v) is 4.70. The Bertz CT molecular complexity index is 535. The molecule has 0 aliphatic carbocycles. The van der Waals surface area contributed by atoms with Gasteiger partial charge in [0.15, 0.2) is 0 Å². The molecule has 0 unspecified atom stereocenters. The molecule has 0 bridgehead atoms. The molecule has 2 rings (SSSR count). The minimum Gasteiger partial charge on any atom is -0.372 e. The van der Waals surface area contributed by atoms with Gasteiger partial charge in [-0.3, -0.25) is 9.59 Å². The van der Waals surface area contributed by atoms with E-state index in [1.807, 2.05) is 0 Å². The average Bonchev–Trinajstić information content (AvgIpc) is 2.60. The summed E-state index contributed by atoms with van der Waals surface area (Å²) >= 11 is 0. The largest absolute Gasteiger partial charge is 0.372 e. The van der Waals surface area contributed by atoms with E-state index in [-0.39, 0.29) is 23.9 Å². The first-order valence-electron chi connectivity index (χ1n) is 6.39. The summed E-state index contributed by atoms with van der Waals surface area (Å²) in [5, 5.41) is 2.76. The molecule has 1 aliphatic heterocycles. The third-order valence-corrected chi connectivity index (χ3v) is 3.28. The Balaban J connectivity index is 2.26. The lowest BCUT2D eigenvalue weighted by atomic mass is 10.2. The third-order valence-electron chi connectivity index (χ3n) is 3.28. The molecule has 0 radical (unpaired) electrons. The fourth-order valence-electron chi connectivity index (χ4n) is 2.13. The van der Waals surface area contributed by atoms with Gasteiger partial charge in [-0.15, -0.1) is 0 Å². The summed E-state index contributed by atoms with van der Waals surface area (Å²) < 4.78 is 13.3. The molecule has 0 saturated carbocycles. The minimum atomic E-state index is -0.578. The van der Waals surface area contributed by atoms with E-state index in [2.05, 4.69) is 10.3 Å². The molecule has 20 heavy (non-hydrogen) atoms. The van der Waals surface area contributed by atoms with Crippen molar-refractivity contribution in [1.82, 2.24) is 14.8 Å². The number of rotatable bonds is 2. The highest BCUT2D eigenvalue weighted by molar-refractivity contribution is 6.00. The van der Waals surface area contributed by atoms with Crippen LogP contribution < -0.4 is 5.32 Å². The van der Waals surface area contributed by atoms with Crippen molar-refractivity contribution in [3.05, 3.63) is 23.6 Å². The van der Waals surface area contributed by atoms with Gasteiger partial charge in [0, 0.05) is 27.2 Å². The van der Waals surface area contributed by atoms with Crippen LogP contribution in [0.4, 0.5) is 10.2 Å². The Morgan fingerprint density at radius 3 is 2.90 bits per heavy atom. The fraction of sp³-hybridized carbons (Fsp3) is 0.462. The third kappa shape index (κ3) is 2.87. The normalized spacial score (nSPS) is 16.1. The summed E-state index contributed by atoms with van der Waals surface area (Å²) in [5.41, 5.74) is 0.143. The first-order valence-corrected chi connectivity index (χ1v) is 6.39. The topological polar surface area (TPSA) is 65.5 Å². The maximum Gasteiger partial charge on any atom is 0.258 e. The summed E-state index contributed by atoms with van der Waals surface area (Å²) in [5.74, 6) is -0.775. The summed E-state index contributed by atoms with van der Waals surface area (Å²) in [4.78, 5) is 31.1. The monoisotopic (exact) mass is 280 g/mol. The molecule has 1 aliphatic rings. The molecule has 2 heterocycles. The van der Waals surface area contributed by atoms with Crippen molar-refractivity contribution in [2.24, 2.45) is 0 Å². The van der Waals surface area contributed by atoms with Gasteiger partial charge < -0.3 is 15.1 Å². The molecular formula is C13H17FN4O2. The van der Waals surface area contributed by atoms with Gasteiger partial charge in [-0.2, -0.15) is 0 Å². The number of nitrogens with zero attached hydrogens (tertiary/aromatic N) is 3. The van der Waals surface area contributed by atoms with Gasteiger partial charge in [-0.1, -0.05) is 0 Å². The highest BCUT2D eigenvalue weighted by Crippen LogP contribution is 2.17. The summed E-state index contributed by atoms with van der Waals surface area (Å²) in [6.45, 7) is 1.09. The van der Waals surface area contributed by atoms with E-state index in [1.54, 1.807) is 19.0 Å². The number of aromatic nitrogens is 1. The SMILES string of the molecule is CNc1ncc(F)cc1C(=O)N1CCCN(C)C(=O)C1. The first kappa shape index (κ1) is 14.2. The highest BCUT2D eigenvalue weighted by atomic mass is 19.1. The van der Waals surface area contributed by atoms with Crippen LogP contribution in [0.3, 0.4) is 0 Å². The number of pyridine rings is 1. The van der Waals surface area contributed by atoms with Gasteiger partial charge in [-0.05, 0) is 12.5 Å². The molecule has 108 valence electrons. The molecule has 6 nitrogen and oxygen atoms in total. The van der Waals surface area contributed by atoms with Gasteiger partial charge in [0.25, 0.3) is 5.91 Å². The zero-order valence-electron chi connectivity index (χ0n) is 11.5. The molecular weight excluding hydrogens is 263 g/mol. The number of anilines is 1. The Kier molecular flexibility index (Phi) is 4.16. The molecule has 0 spiro atoms. The number of hydrogen-bond acceptors (Lipinski definition) is 4. The maximum absolute atomic E-state index is 13.3. The number of nitrogens with one attached hydrogen (secondary N) is 1. The van der Waals surface area contributed by atoms with E-state index in [1.165, 1.54) is 4.90 Å². The fourth-order valence-corrected chi connectivity index (χ4v) is 2.13. The van der Waals surface area contributed by atoms with E-state index >= 15 is 0 Å². The maximum atomic E-state index is 13.3. The van der Waals surface area contributed by atoms with E-state index < -0.39 is 5.82 Å². The summed E-state index contributed by atoms with van der Waals surface area (Å²) in [6.07, 6.45) is 1.75. The van der Waals surface area contributed by atoms with Crippen LogP contribution in [0.15, 0.2) is 12.3 Å². The van der Waals surface area contributed by atoms with Crippen LogP contribution in [0.1, 0.15) is 16.8 Å². The Labute approximate surface area is 116 Å². The van der Waals surface area contributed by atoms with Gasteiger partial charge in [0.2, 0.25) is 5.91 Å². The van der Waals surface area contributed by atoms with Crippen LogP contribution in [0.2, 0.25) is 0 Å². The molecule has 1 saturated heterocycles. The van der Waals surface area contributed by atoms with E-state index in [9.17, 15) is 14.0 Å². The van der Waals surface area contributed by atoms with Crippen LogP contribution >= 0.6 is 0 Å². The predicted molar refractivity (Wildman–Crippen MR) is 71.9 cm³/mol. The van der Waals surface area contributed by atoms with E-state index in [0.29, 0.717) is 25.3 Å². The predicted octanol–water partition coefficient (Wildman–Crippen LogP) is 0.567. The Morgan fingerprint density at radius 2 is 2.20 bits per heavy atom. The molecule has 7 heteroatoms.